The fourth-order valence-corrected chi connectivity index (χ4v) is 3.74. The zero-order valence-electron chi connectivity index (χ0n) is 14.0. The summed E-state index contributed by atoms with van der Waals surface area (Å²) in [6.45, 7) is 6.92. The summed E-state index contributed by atoms with van der Waals surface area (Å²) in [5.41, 5.74) is 7.91. The molecule has 1 aromatic rings. The maximum absolute atomic E-state index is 6.66. The molecule has 1 heterocycles. The highest BCUT2D eigenvalue weighted by molar-refractivity contribution is 5.20. The number of rotatable bonds is 6. The Balaban J connectivity index is 2.18. The van der Waals surface area contributed by atoms with Crippen LogP contribution in [0, 0.1) is 5.92 Å². The number of hydrogen-bond donors (Lipinski definition) is 1. The lowest BCUT2D eigenvalue weighted by atomic mass is 9.90. The van der Waals surface area contributed by atoms with E-state index in [-0.39, 0.29) is 6.04 Å². The van der Waals surface area contributed by atoms with Crippen LogP contribution in [0.4, 0.5) is 0 Å². The molecule has 0 aromatic heterocycles. The summed E-state index contributed by atoms with van der Waals surface area (Å²) in [6.07, 6.45) is 2.59. The van der Waals surface area contributed by atoms with Crippen LogP contribution in [0.15, 0.2) is 30.3 Å². The van der Waals surface area contributed by atoms with Crippen molar-refractivity contribution in [3.8, 4) is 0 Å². The molecule has 0 amide bonds. The minimum absolute atomic E-state index is 0.0916. The van der Waals surface area contributed by atoms with Gasteiger partial charge in [-0.15, -0.1) is 0 Å². The lowest BCUT2D eigenvalue weighted by Gasteiger charge is -2.40. The SMILES string of the molecule is CC(C)C(C(N)c1ccccc1)N1CCCC1CN(C)C. The monoisotopic (exact) mass is 289 g/mol. The van der Waals surface area contributed by atoms with E-state index >= 15 is 0 Å². The molecule has 3 atom stereocenters. The number of likely N-dealkylation sites (N-methyl/N-ethyl adjacent to an activating group) is 1. The second-order valence-electron chi connectivity index (χ2n) is 6.97. The lowest BCUT2D eigenvalue weighted by Crippen LogP contribution is -2.50. The average Bonchev–Trinajstić information content (AvgIpc) is 2.86. The third kappa shape index (κ3) is 4.06. The molecule has 3 unspecified atom stereocenters. The van der Waals surface area contributed by atoms with Gasteiger partial charge in [-0.05, 0) is 45.0 Å². The van der Waals surface area contributed by atoms with E-state index in [1.54, 1.807) is 0 Å². The second kappa shape index (κ2) is 7.39. The third-order valence-electron chi connectivity index (χ3n) is 4.62. The van der Waals surface area contributed by atoms with Gasteiger partial charge in [0.25, 0.3) is 0 Å². The molecule has 1 aliphatic heterocycles. The van der Waals surface area contributed by atoms with Crippen molar-refractivity contribution >= 4 is 0 Å². The molecule has 0 bridgehead atoms. The largest absolute Gasteiger partial charge is 0.323 e. The zero-order chi connectivity index (χ0) is 15.4. The maximum Gasteiger partial charge on any atom is 0.0455 e. The normalized spacial score (nSPS) is 22.9. The van der Waals surface area contributed by atoms with Crippen LogP contribution in [0.2, 0.25) is 0 Å². The number of hydrogen-bond acceptors (Lipinski definition) is 3. The van der Waals surface area contributed by atoms with Gasteiger partial charge < -0.3 is 10.6 Å². The second-order valence-corrected chi connectivity index (χ2v) is 6.97. The van der Waals surface area contributed by atoms with Gasteiger partial charge >= 0.3 is 0 Å². The fourth-order valence-electron chi connectivity index (χ4n) is 3.74. The lowest BCUT2D eigenvalue weighted by molar-refractivity contribution is 0.101. The fraction of sp³-hybridized carbons (Fsp3) is 0.667. The van der Waals surface area contributed by atoms with Crippen molar-refractivity contribution in [2.24, 2.45) is 11.7 Å². The highest BCUT2D eigenvalue weighted by atomic mass is 15.3. The zero-order valence-corrected chi connectivity index (χ0v) is 14.0. The molecule has 1 saturated heterocycles. The van der Waals surface area contributed by atoms with E-state index < -0.39 is 0 Å². The van der Waals surface area contributed by atoms with Gasteiger partial charge in [0.1, 0.15) is 0 Å². The summed E-state index contributed by atoms with van der Waals surface area (Å²) >= 11 is 0. The minimum Gasteiger partial charge on any atom is -0.323 e. The Kier molecular flexibility index (Phi) is 5.80. The minimum atomic E-state index is 0.0916. The molecule has 0 saturated carbocycles. The molecular weight excluding hydrogens is 258 g/mol. The van der Waals surface area contributed by atoms with Gasteiger partial charge in [-0.1, -0.05) is 44.2 Å². The van der Waals surface area contributed by atoms with Gasteiger partial charge in [-0.2, -0.15) is 0 Å². The molecule has 118 valence electrons. The highest BCUT2D eigenvalue weighted by Gasteiger charge is 2.36. The highest BCUT2D eigenvalue weighted by Crippen LogP contribution is 2.31. The molecule has 3 nitrogen and oxygen atoms in total. The molecule has 1 fully saturated rings. The van der Waals surface area contributed by atoms with Crippen LogP contribution in [0.3, 0.4) is 0 Å². The molecule has 21 heavy (non-hydrogen) atoms. The van der Waals surface area contributed by atoms with Crippen LogP contribution in [-0.4, -0.2) is 49.1 Å². The summed E-state index contributed by atoms with van der Waals surface area (Å²) in [7, 11) is 4.33. The Morgan fingerprint density at radius 2 is 1.90 bits per heavy atom. The van der Waals surface area contributed by atoms with E-state index in [0.29, 0.717) is 18.0 Å². The van der Waals surface area contributed by atoms with Gasteiger partial charge in [-0.25, -0.2) is 0 Å². The number of nitrogens with zero attached hydrogens (tertiary/aromatic N) is 2. The first-order valence-corrected chi connectivity index (χ1v) is 8.21. The molecule has 0 spiro atoms. The quantitative estimate of drug-likeness (QED) is 0.874. The summed E-state index contributed by atoms with van der Waals surface area (Å²) in [5.74, 6) is 0.558. The van der Waals surface area contributed by atoms with E-state index in [1.807, 2.05) is 0 Å². The number of likely N-dealkylation sites (tertiary alicyclic amines) is 1. The van der Waals surface area contributed by atoms with E-state index in [2.05, 4.69) is 68.1 Å². The molecule has 0 aliphatic carbocycles. The Morgan fingerprint density at radius 1 is 1.24 bits per heavy atom. The Hall–Kier alpha value is -0.900. The van der Waals surface area contributed by atoms with E-state index in [9.17, 15) is 0 Å². The van der Waals surface area contributed by atoms with Crippen LogP contribution in [0.1, 0.15) is 38.3 Å². The third-order valence-corrected chi connectivity index (χ3v) is 4.62. The van der Waals surface area contributed by atoms with Gasteiger partial charge in [0.05, 0.1) is 0 Å². The van der Waals surface area contributed by atoms with E-state index in [4.69, 9.17) is 5.73 Å². The van der Waals surface area contributed by atoms with Crippen molar-refractivity contribution in [3.63, 3.8) is 0 Å². The van der Waals surface area contributed by atoms with Crippen molar-refractivity contribution in [3.05, 3.63) is 35.9 Å². The first kappa shape index (κ1) is 16.5. The Morgan fingerprint density at radius 3 is 2.48 bits per heavy atom. The standard InChI is InChI=1S/C18H31N3/c1-14(2)18(17(19)15-9-6-5-7-10-15)21-12-8-11-16(21)13-20(3)4/h5-7,9-10,14,16-18H,8,11-13,19H2,1-4H3. The molecule has 1 aliphatic rings. The molecule has 2 rings (SSSR count). The van der Waals surface area contributed by atoms with Gasteiger partial charge in [0.15, 0.2) is 0 Å². The molecule has 1 aromatic carbocycles. The number of benzene rings is 1. The predicted octanol–water partition coefficient (Wildman–Crippen LogP) is 2.74. The van der Waals surface area contributed by atoms with Crippen LogP contribution in [-0.2, 0) is 0 Å². The van der Waals surface area contributed by atoms with E-state index in [0.717, 1.165) is 6.54 Å². The van der Waals surface area contributed by atoms with Gasteiger partial charge in [-0.3, -0.25) is 4.90 Å². The Bertz CT molecular complexity index is 416. The molecular formula is C18H31N3. The Labute approximate surface area is 130 Å². The average molecular weight is 289 g/mol. The van der Waals surface area contributed by atoms with Crippen molar-refractivity contribution in [2.75, 3.05) is 27.2 Å². The summed E-state index contributed by atoms with van der Waals surface area (Å²) < 4.78 is 0. The molecule has 2 N–H and O–H groups in total. The smallest absolute Gasteiger partial charge is 0.0455 e. The van der Waals surface area contributed by atoms with Crippen LogP contribution >= 0.6 is 0 Å². The molecule has 0 radical (unpaired) electrons. The van der Waals surface area contributed by atoms with Crippen molar-refractivity contribution in [1.82, 2.24) is 9.80 Å². The first-order valence-electron chi connectivity index (χ1n) is 8.21. The summed E-state index contributed by atoms with van der Waals surface area (Å²) in [4.78, 5) is 4.97. The van der Waals surface area contributed by atoms with Gasteiger partial charge in [0, 0.05) is 24.7 Å². The maximum atomic E-state index is 6.66. The van der Waals surface area contributed by atoms with Crippen LogP contribution in [0.5, 0.6) is 0 Å². The van der Waals surface area contributed by atoms with E-state index in [1.165, 1.54) is 24.9 Å². The van der Waals surface area contributed by atoms with Crippen LogP contribution < -0.4 is 5.73 Å². The summed E-state index contributed by atoms with van der Waals surface area (Å²) in [6, 6.07) is 11.7. The summed E-state index contributed by atoms with van der Waals surface area (Å²) in [5, 5.41) is 0. The predicted molar refractivity (Wildman–Crippen MR) is 90.3 cm³/mol. The number of nitrogens with two attached hydrogens (primary N) is 1. The topological polar surface area (TPSA) is 32.5 Å². The van der Waals surface area contributed by atoms with Crippen molar-refractivity contribution in [2.45, 2.75) is 44.8 Å². The van der Waals surface area contributed by atoms with Gasteiger partial charge in [0.2, 0.25) is 0 Å². The van der Waals surface area contributed by atoms with Crippen LogP contribution in [0.25, 0.3) is 0 Å². The van der Waals surface area contributed by atoms with Crippen molar-refractivity contribution < 1.29 is 0 Å². The molecule has 3 heteroatoms. The van der Waals surface area contributed by atoms with Crippen molar-refractivity contribution in [1.29, 1.82) is 0 Å². The first-order chi connectivity index (χ1) is 10.0.